The zero-order chi connectivity index (χ0) is 22.5. The van der Waals surface area contributed by atoms with Gasteiger partial charge in [-0.05, 0) is 49.3 Å². The lowest BCUT2D eigenvalue weighted by Crippen LogP contribution is -2.35. The first kappa shape index (κ1) is 23.4. The number of piperidine rings is 1. The van der Waals surface area contributed by atoms with E-state index in [2.05, 4.69) is 26.6 Å². The van der Waals surface area contributed by atoms with Crippen molar-refractivity contribution in [1.29, 1.82) is 0 Å². The lowest BCUT2D eigenvalue weighted by molar-refractivity contribution is -0.127. The molecule has 2 fully saturated rings. The Balaban J connectivity index is 1.42. The third-order valence-electron chi connectivity index (χ3n) is 6.23. The molecule has 0 aliphatic carbocycles. The predicted octanol–water partition coefficient (Wildman–Crippen LogP) is 4.10. The maximum absolute atomic E-state index is 12.8. The Morgan fingerprint density at radius 3 is 2.81 bits per heavy atom. The van der Waals surface area contributed by atoms with Gasteiger partial charge in [0.1, 0.15) is 0 Å². The second-order valence-corrected chi connectivity index (χ2v) is 10.2. The summed E-state index contributed by atoms with van der Waals surface area (Å²) in [5, 5.41) is 10.5. The predicted molar refractivity (Wildman–Crippen MR) is 128 cm³/mol. The molecule has 0 bridgehead atoms. The molecule has 3 heterocycles. The number of amides is 1. The molecule has 4 rings (SSSR count). The van der Waals surface area contributed by atoms with E-state index in [1.54, 1.807) is 4.90 Å². The van der Waals surface area contributed by atoms with E-state index in [0.29, 0.717) is 17.3 Å². The number of anilines is 1. The number of nitrogens with zero attached hydrogens (tertiary/aromatic N) is 5. The van der Waals surface area contributed by atoms with Crippen LogP contribution in [-0.2, 0) is 22.6 Å². The monoisotopic (exact) mass is 477 g/mol. The number of thioether (sulfide) groups is 1. The van der Waals surface area contributed by atoms with Crippen LogP contribution in [-0.4, -0.2) is 64.2 Å². The Hall–Kier alpha value is -1.77. The average Bonchev–Trinajstić information content (AvgIpc) is 3.43. The molecule has 174 valence electrons. The topological polar surface area (TPSA) is 63.5 Å². The van der Waals surface area contributed by atoms with Crippen LogP contribution < -0.4 is 4.90 Å². The number of hydrogen-bond donors (Lipinski definition) is 0. The van der Waals surface area contributed by atoms with Crippen LogP contribution in [0, 0.1) is 5.92 Å². The van der Waals surface area contributed by atoms with Crippen LogP contribution >= 0.6 is 23.4 Å². The van der Waals surface area contributed by atoms with Gasteiger partial charge in [-0.2, -0.15) is 0 Å². The summed E-state index contributed by atoms with van der Waals surface area (Å²) in [6.45, 7) is 6.39. The number of hydrogen-bond acceptors (Lipinski definition) is 6. The molecule has 7 nitrogen and oxygen atoms in total. The highest BCUT2D eigenvalue weighted by atomic mass is 35.5. The summed E-state index contributed by atoms with van der Waals surface area (Å²) in [7, 11) is 1.82. The fourth-order valence-electron chi connectivity index (χ4n) is 4.22. The van der Waals surface area contributed by atoms with E-state index in [-0.39, 0.29) is 12.0 Å². The Labute approximate surface area is 199 Å². The number of benzene rings is 1. The summed E-state index contributed by atoms with van der Waals surface area (Å²) in [6, 6.07) is 7.61. The van der Waals surface area contributed by atoms with Crippen molar-refractivity contribution in [2.45, 2.75) is 57.0 Å². The summed E-state index contributed by atoms with van der Waals surface area (Å²) in [5.41, 5.74) is 1.02. The number of halogens is 1. The largest absolute Gasteiger partial charge is 0.376 e. The van der Waals surface area contributed by atoms with E-state index in [9.17, 15) is 4.79 Å². The molecule has 2 aromatic rings. The second-order valence-electron chi connectivity index (χ2n) is 8.87. The van der Waals surface area contributed by atoms with Crippen LogP contribution in [0.25, 0.3) is 0 Å². The molecule has 0 spiro atoms. The minimum Gasteiger partial charge on any atom is -0.376 e. The molecular weight excluding hydrogens is 446 g/mol. The Bertz CT molecular complexity index is 910. The Morgan fingerprint density at radius 1 is 1.28 bits per heavy atom. The van der Waals surface area contributed by atoms with Crippen molar-refractivity contribution in [3.63, 3.8) is 0 Å². The molecule has 2 aliphatic rings. The number of rotatable bonds is 8. The minimum atomic E-state index is 0.0509. The van der Waals surface area contributed by atoms with Gasteiger partial charge in [-0.25, -0.2) is 0 Å². The van der Waals surface area contributed by atoms with Gasteiger partial charge < -0.3 is 14.5 Å². The molecule has 1 atom stereocenters. The van der Waals surface area contributed by atoms with E-state index >= 15 is 0 Å². The SMILES string of the molecule is CC1CCN(c2nnc(SCC(=O)N(C)Cc3cccc(Cl)c3)n2CC2CCCO2)CC1. The van der Waals surface area contributed by atoms with Crippen LogP contribution in [0.15, 0.2) is 29.4 Å². The van der Waals surface area contributed by atoms with Crippen LogP contribution in [0.3, 0.4) is 0 Å². The zero-order valence-electron chi connectivity index (χ0n) is 18.9. The van der Waals surface area contributed by atoms with Gasteiger partial charge in [-0.1, -0.05) is 42.4 Å². The summed E-state index contributed by atoms with van der Waals surface area (Å²) >= 11 is 7.53. The van der Waals surface area contributed by atoms with Crippen LogP contribution in [0.4, 0.5) is 5.95 Å². The molecule has 1 aromatic heterocycles. The van der Waals surface area contributed by atoms with E-state index in [1.807, 2.05) is 31.3 Å². The summed E-state index contributed by atoms with van der Waals surface area (Å²) in [4.78, 5) is 16.8. The molecule has 32 heavy (non-hydrogen) atoms. The highest BCUT2D eigenvalue weighted by Gasteiger charge is 2.26. The zero-order valence-corrected chi connectivity index (χ0v) is 20.4. The van der Waals surface area contributed by atoms with Crippen molar-refractivity contribution in [1.82, 2.24) is 19.7 Å². The van der Waals surface area contributed by atoms with Gasteiger partial charge in [0.05, 0.1) is 18.4 Å². The van der Waals surface area contributed by atoms with Gasteiger partial charge in [0.25, 0.3) is 0 Å². The molecule has 0 radical (unpaired) electrons. The van der Waals surface area contributed by atoms with Crippen LogP contribution in [0.1, 0.15) is 38.2 Å². The van der Waals surface area contributed by atoms with E-state index < -0.39 is 0 Å². The van der Waals surface area contributed by atoms with Crippen molar-refractivity contribution in [2.75, 3.05) is 37.4 Å². The normalized spacial score (nSPS) is 19.5. The van der Waals surface area contributed by atoms with Gasteiger partial charge in [0.2, 0.25) is 11.9 Å². The molecule has 2 aliphatic heterocycles. The Morgan fingerprint density at radius 2 is 2.09 bits per heavy atom. The number of aromatic nitrogens is 3. The fourth-order valence-corrected chi connectivity index (χ4v) is 5.31. The first-order valence-electron chi connectivity index (χ1n) is 11.4. The quantitative estimate of drug-likeness (QED) is 0.533. The van der Waals surface area contributed by atoms with Crippen LogP contribution in [0.2, 0.25) is 5.02 Å². The van der Waals surface area contributed by atoms with E-state index in [4.69, 9.17) is 16.3 Å². The van der Waals surface area contributed by atoms with Crippen molar-refractivity contribution in [3.05, 3.63) is 34.9 Å². The van der Waals surface area contributed by atoms with Crippen molar-refractivity contribution in [2.24, 2.45) is 5.92 Å². The maximum Gasteiger partial charge on any atom is 0.233 e. The van der Waals surface area contributed by atoms with Gasteiger partial charge in [-0.3, -0.25) is 9.36 Å². The fraction of sp³-hybridized carbons (Fsp3) is 0.609. The molecule has 0 saturated carbocycles. The average molecular weight is 478 g/mol. The summed E-state index contributed by atoms with van der Waals surface area (Å²) < 4.78 is 8.06. The molecule has 2 saturated heterocycles. The number of carbonyl (C=O) groups is 1. The van der Waals surface area contributed by atoms with E-state index in [0.717, 1.165) is 61.7 Å². The highest BCUT2D eigenvalue weighted by Crippen LogP contribution is 2.28. The highest BCUT2D eigenvalue weighted by molar-refractivity contribution is 7.99. The molecule has 1 unspecified atom stereocenters. The first-order chi connectivity index (χ1) is 15.5. The number of ether oxygens (including phenoxy) is 1. The van der Waals surface area contributed by atoms with Gasteiger partial charge in [-0.15, -0.1) is 10.2 Å². The minimum absolute atomic E-state index is 0.0509. The molecule has 1 amide bonds. The lowest BCUT2D eigenvalue weighted by atomic mass is 10.00. The lowest BCUT2D eigenvalue weighted by Gasteiger charge is -2.31. The summed E-state index contributed by atoms with van der Waals surface area (Å²) in [5.74, 6) is 2.03. The molecule has 9 heteroatoms. The molecule has 1 aromatic carbocycles. The van der Waals surface area contributed by atoms with Gasteiger partial charge in [0, 0.05) is 38.3 Å². The van der Waals surface area contributed by atoms with Crippen molar-refractivity contribution in [3.8, 4) is 0 Å². The van der Waals surface area contributed by atoms with Crippen molar-refractivity contribution >= 4 is 35.2 Å². The second kappa shape index (κ2) is 10.9. The molecular formula is C23H32ClN5O2S. The smallest absolute Gasteiger partial charge is 0.233 e. The van der Waals surface area contributed by atoms with Crippen LogP contribution in [0.5, 0.6) is 0 Å². The van der Waals surface area contributed by atoms with Crippen molar-refractivity contribution < 1.29 is 9.53 Å². The Kier molecular flexibility index (Phi) is 7.97. The first-order valence-corrected chi connectivity index (χ1v) is 12.8. The number of carbonyl (C=O) groups excluding carboxylic acids is 1. The summed E-state index contributed by atoms with van der Waals surface area (Å²) in [6.07, 6.45) is 4.68. The maximum atomic E-state index is 12.8. The van der Waals surface area contributed by atoms with Gasteiger partial charge in [0.15, 0.2) is 5.16 Å². The molecule has 0 N–H and O–H groups in total. The standard InChI is InChI=1S/C23H32ClN5O2S/c1-17-8-10-28(11-9-17)22-25-26-23(29(22)15-20-7-4-12-31-20)32-16-21(30)27(2)14-18-5-3-6-19(24)13-18/h3,5-6,13,17,20H,4,7-12,14-16H2,1-2H3. The van der Waals surface area contributed by atoms with Gasteiger partial charge >= 0.3 is 0 Å². The third-order valence-corrected chi connectivity index (χ3v) is 7.42. The van der Waals surface area contributed by atoms with E-state index in [1.165, 1.54) is 24.6 Å². The third kappa shape index (κ3) is 5.97.